The Hall–Kier alpha value is 0.780. The fourth-order valence-electron chi connectivity index (χ4n) is 1.07. The molecule has 0 heterocycles. The highest BCUT2D eigenvalue weighted by atomic mass is 31.0. The Bertz CT molecular complexity index is 97.1. The topological polar surface area (TPSA) is 40.5 Å². The summed E-state index contributed by atoms with van der Waals surface area (Å²) in [4.78, 5) is 0. The van der Waals surface area contributed by atoms with Crippen LogP contribution in [0, 0.1) is 0 Å². The summed E-state index contributed by atoms with van der Waals surface area (Å²) in [5.41, 5.74) is 0.287. The summed E-state index contributed by atoms with van der Waals surface area (Å²) in [6.45, 7) is 0. The van der Waals surface area contributed by atoms with Gasteiger partial charge in [-0.3, -0.25) is 0 Å². The molecule has 1 fully saturated rings. The van der Waals surface area contributed by atoms with E-state index in [0.717, 1.165) is 0 Å². The van der Waals surface area contributed by atoms with Crippen molar-refractivity contribution in [3.05, 3.63) is 0 Å². The molecule has 0 aliphatic heterocycles. The maximum atomic E-state index is 9.14. The highest BCUT2D eigenvalue weighted by Gasteiger charge is 2.35. The molecule has 6 atom stereocenters. The van der Waals surface area contributed by atoms with E-state index in [1.54, 1.807) is 0 Å². The molecule has 1 aliphatic rings. The average Bonchev–Trinajstić information content (AvgIpc) is 1.98. The van der Waals surface area contributed by atoms with Gasteiger partial charge >= 0.3 is 0 Å². The summed E-state index contributed by atoms with van der Waals surface area (Å²) in [6, 6.07) is 0. The molecular weight excluding hydrogens is 154 g/mol. The van der Waals surface area contributed by atoms with E-state index in [0.29, 0.717) is 6.42 Å². The van der Waals surface area contributed by atoms with Crippen molar-refractivity contribution in [1.82, 2.24) is 0 Å². The van der Waals surface area contributed by atoms with Crippen molar-refractivity contribution in [3.8, 4) is 0 Å². The van der Waals surface area contributed by atoms with Gasteiger partial charge in [0.1, 0.15) is 0 Å². The monoisotopic (exact) mass is 166 g/mol. The minimum Gasteiger partial charge on any atom is -0.392 e. The van der Waals surface area contributed by atoms with Crippen LogP contribution in [0.5, 0.6) is 0 Å². The zero-order chi connectivity index (χ0) is 7.02. The zero-order valence-electron chi connectivity index (χ0n) is 5.07. The predicted octanol–water partition coefficient (Wildman–Crippen LogP) is -0.401. The van der Waals surface area contributed by atoms with Crippen molar-refractivity contribution in [1.29, 1.82) is 0 Å². The van der Waals surface area contributed by atoms with Crippen LogP contribution in [0.3, 0.4) is 0 Å². The van der Waals surface area contributed by atoms with Crippen molar-refractivity contribution in [2.45, 2.75) is 29.9 Å². The molecule has 0 aromatic heterocycles. The molecule has 1 saturated carbocycles. The Morgan fingerprint density at radius 2 is 1.33 bits per heavy atom. The second kappa shape index (κ2) is 2.80. The molecule has 2 N–H and O–H groups in total. The highest BCUT2D eigenvalue weighted by molar-refractivity contribution is 7.23. The van der Waals surface area contributed by atoms with Crippen molar-refractivity contribution >= 4 is 18.5 Å². The number of hydrogen-bond acceptors (Lipinski definition) is 2. The summed E-state index contributed by atoms with van der Waals surface area (Å²) in [6.07, 6.45) is -0.164. The van der Waals surface area contributed by atoms with E-state index in [1.807, 2.05) is 0 Å². The van der Waals surface area contributed by atoms with E-state index in [-0.39, 0.29) is 23.5 Å². The predicted molar refractivity (Wildman–Crippen MR) is 43.6 cm³/mol. The van der Waals surface area contributed by atoms with Crippen molar-refractivity contribution < 1.29 is 10.2 Å². The van der Waals surface area contributed by atoms with Gasteiger partial charge < -0.3 is 10.2 Å². The second-order valence-corrected chi connectivity index (χ2v) is 4.06. The van der Waals surface area contributed by atoms with Gasteiger partial charge in [0.15, 0.2) is 0 Å². The van der Waals surface area contributed by atoms with Gasteiger partial charge in [0.25, 0.3) is 0 Å². The third-order valence-corrected chi connectivity index (χ3v) is 4.04. The van der Waals surface area contributed by atoms with Crippen LogP contribution in [0.2, 0.25) is 0 Å². The van der Waals surface area contributed by atoms with Gasteiger partial charge in [0.05, 0.1) is 12.2 Å². The molecule has 54 valence electrons. The Kier molecular flexibility index (Phi) is 2.45. The van der Waals surface area contributed by atoms with E-state index < -0.39 is 0 Å². The molecule has 0 aromatic rings. The summed E-state index contributed by atoms with van der Waals surface area (Å²) >= 11 is 0. The van der Waals surface area contributed by atoms with Crippen LogP contribution in [0.1, 0.15) is 6.42 Å². The van der Waals surface area contributed by atoms with Crippen LogP contribution in [-0.4, -0.2) is 33.7 Å². The van der Waals surface area contributed by atoms with E-state index in [1.165, 1.54) is 0 Å². The fraction of sp³-hybridized carbons (Fsp3) is 1.00. The van der Waals surface area contributed by atoms with Crippen LogP contribution in [0.25, 0.3) is 0 Å². The van der Waals surface area contributed by atoms with Gasteiger partial charge in [0.2, 0.25) is 0 Å². The Balaban J connectivity index is 2.54. The van der Waals surface area contributed by atoms with E-state index >= 15 is 0 Å². The second-order valence-electron chi connectivity index (χ2n) is 2.53. The Labute approximate surface area is 59.4 Å². The lowest BCUT2D eigenvalue weighted by atomic mass is 10.3. The zero-order valence-corrected chi connectivity index (χ0v) is 7.38. The van der Waals surface area contributed by atoms with Gasteiger partial charge in [0, 0.05) is 17.7 Å². The van der Waals surface area contributed by atoms with Crippen LogP contribution >= 0.6 is 18.5 Å². The normalized spacial score (nSPS) is 52.0. The molecule has 0 saturated heterocycles. The summed E-state index contributed by atoms with van der Waals surface area (Å²) in [7, 11) is 5.09. The first-order chi connectivity index (χ1) is 4.13. The summed E-state index contributed by atoms with van der Waals surface area (Å²) in [5, 5.41) is 18.3. The lowest BCUT2D eigenvalue weighted by molar-refractivity contribution is 0.139. The van der Waals surface area contributed by atoms with Gasteiger partial charge in [-0.25, -0.2) is 0 Å². The molecule has 0 aromatic carbocycles. The van der Waals surface area contributed by atoms with E-state index in [9.17, 15) is 0 Å². The SMILES string of the molecule is OC1CC(O)C(P)C1P. The quantitative estimate of drug-likeness (QED) is 0.481. The van der Waals surface area contributed by atoms with Crippen molar-refractivity contribution in [2.24, 2.45) is 0 Å². The Morgan fingerprint density at radius 1 is 1.00 bits per heavy atom. The molecule has 2 nitrogen and oxygen atoms in total. The molecular formula is C5H12O2P2. The number of aliphatic hydroxyl groups excluding tert-OH is 2. The summed E-state index contributed by atoms with van der Waals surface area (Å²) < 4.78 is 0. The molecule has 0 spiro atoms. The third-order valence-electron chi connectivity index (χ3n) is 1.82. The van der Waals surface area contributed by atoms with E-state index in [2.05, 4.69) is 18.5 Å². The van der Waals surface area contributed by atoms with Gasteiger partial charge in [-0.1, -0.05) is 0 Å². The van der Waals surface area contributed by atoms with Crippen molar-refractivity contribution in [3.63, 3.8) is 0 Å². The Morgan fingerprint density at radius 3 is 1.44 bits per heavy atom. The van der Waals surface area contributed by atoms with Gasteiger partial charge in [-0.05, 0) is 0 Å². The largest absolute Gasteiger partial charge is 0.392 e. The first-order valence-electron chi connectivity index (χ1n) is 3.00. The molecule has 1 aliphatic carbocycles. The molecule has 4 heteroatoms. The molecule has 0 radical (unpaired) electrons. The number of aliphatic hydroxyl groups is 2. The van der Waals surface area contributed by atoms with Crippen LogP contribution < -0.4 is 0 Å². The molecule has 0 bridgehead atoms. The minimum atomic E-state index is -0.340. The third kappa shape index (κ3) is 1.43. The first kappa shape index (κ1) is 7.88. The fourth-order valence-corrected chi connectivity index (χ4v) is 1.90. The lowest BCUT2D eigenvalue weighted by Crippen LogP contribution is -2.21. The molecule has 1 rings (SSSR count). The number of rotatable bonds is 0. The van der Waals surface area contributed by atoms with Crippen LogP contribution in [0.15, 0.2) is 0 Å². The minimum absolute atomic E-state index is 0.144. The maximum absolute atomic E-state index is 9.14. The lowest BCUT2D eigenvalue weighted by Gasteiger charge is -2.12. The van der Waals surface area contributed by atoms with Crippen LogP contribution in [-0.2, 0) is 0 Å². The van der Waals surface area contributed by atoms with E-state index in [4.69, 9.17) is 10.2 Å². The summed E-state index contributed by atoms with van der Waals surface area (Å²) in [5.74, 6) is 0. The molecule has 0 amide bonds. The van der Waals surface area contributed by atoms with Crippen molar-refractivity contribution in [2.75, 3.05) is 0 Å². The smallest absolute Gasteiger partial charge is 0.0634 e. The van der Waals surface area contributed by atoms with Crippen LogP contribution in [0.4, 0.5) is 0 Å². The van der Waals surface area contributed by atoms with Gasteiger partial charge in [-0.2, -0.15) is 0 Å². The van der Waals surface area contributed by atoms with Gasteiger partial charge in [-0.15, -0.1) is 18.5 Å². The standard InChI is InChI=1S/C5H12O2P2/c6-2-1-3(7)5(9)4(2)8/h2-7H,1,8-9H2. The molecule has 9 heavy (non-hydrogen) atoms. The molecule has 6 unspecified atom stereocenters. The highest BCUT2D eigenvalue weighted by Crippen LogP contribution is 2.32. The first-order valence-corrected chi connectivity index (χ1v) is 4.33. The maximum Gasteiger partial charge on any atom is 0.0634 e. The average molecular weight is 166 g/mol. The number of hydrogen-bond donors (Lipinski definition) is 2.